The lowest BCUT2D eigenvalue weighted by Crippen LogP contribution is -2.10. The molecule has 5 nitrogen and oxygen atoms in total. The van der Waals surface area contributed by atoms with Crippen LogP contribution in [0.1, 0.15) is 5.56 Å². The van der Waals surface area contributed by atoms with E-state index in [4.69, 9.17) is 0 Å². The summed E-state index contributed by atoms with van der Waals surface area (Å²) in [6.45, 7) is 1.96. The van der Waals surface area contributed by atoms with Crippen molar-refractivity contribution in [2.45, 2.75) is 6.92 Å². The van der Waals surface area contributed by atoms with Crippen LogP contribution in [0.2, 0.25) is 0 Å². The van der Waals surface area contributed by atoms with Crippen molar-refractivity contribution < 1.29 is 0 Å². The summed E-state index contributed by atoms with van der Waals surface area (Å²) < 4.78 is 0. The molecule has 0 aliphatic rings. The first-order chi connectivity index (χ1) is 11.2. The second-order valence-electron chi connectivity index (χ2n) is 5.09. The molecule has 0 saturated carbocycles. The molecule has 0 aliphatic carbocycles. The summed E-state index contributed by atoms with van der Waals surface area (Å²) in [5, 5.41) is 0.633. The fourth-order valence-electron chi connectivity index (χ4n) is 2.54. The SMILES string of the molecule is Cc1c(-c2ccccc2)sc2nc(-c3ncccn3)[nH]c(=O)c12. The average molecular weight is 320 g/mol. The van der Waals surface area contributed by atoms with E-state index in [1.165, 1.54) is 11.3 Å². The van der Waals surface area contributed by atoms with Crippen molar-refractivity contribution in [1.82, 2.24) is 19.9 Å². The van der Waals surface area contributed by atoms with Crippen molar-refractivity contribution in [3.63, 3.8) is 0 Å². The average Bonchev–Trinajstić information content (AvgIpc) is 2.94. The third-order valence-electron chi connectivity index (χ3n) is 3.61. The first kappa shape index (κ1) is 13.8. The molecular weight excluding hydrogens is 308 g/mol. The largest absolute Gasteiger partial charge is 0.303 e. The Morgan fingerprint density at radius 2 is 1.78 bits per heavy atom. The van der Waals surface area contributed by atoms with Crippen molar-refractivity contribution in [1.29, 1.82) is 0 Å². The molecular formula is C17H12N4OS. The van der Waals surface area contributed by atoms with Gasteiger partial charge in [-0.15, -0.1) is 11.3 Å². The number of H-pyrrole nitrogens is 1. The minimum absolute atomic E-state index is 0.159. The fourth-order valence-corrected chi connectivity index (χ4v) is 3.72. The van der Waals surface area contributed by atoms with Crippen LogP contribution in [0.25, 0.3) is 32.3 Å². The van der Waals surface area contributed by atoms with Gasteiger partial charge in [-0.25, -0.2) is 15.0 Å². The maximum atomic E-state index is 12.5. The monoisotopic (exact) mass is 320 g/mol. The van der Waals surface area contributed by atoms with Gasteiger partial charge in [0.2, 0.25) is 0 Å². The molecule has 0 bridgehead atoms. The molecule has 0 atom stereocenters. The highest BCUT2D eigenvalue weighted by atomic mass is 32.1. The minimum atomic E-state index is -0.159. The van der Waals surface area contributed by atoms with Crippen LogP contribution >= 0.6 is 11.3 Å². The summed E-state index contributed by atoms with van der Waals surface area (Å²) in [5.41, 5.74) is 1.88. The van der Waals surface area contributed by atoms with Gasteiger partial charge in [-0.05, 0) is 24.1 Å². The van der Waals surface area contributed by atoms with Crippen LogP contribution < -0.4 is 5.56 Å². The Kier molecular flexibility index (Phi) is 3.24. The van der Waals surface area contributed by atoms with E-state index < -0.39 is 0 Å². The van der Waals surface area contributed by atoms with Gasteiger partial charge in [0.05, 0.1) is 5.39 Å². The number of aromatic nitrogens is 4. The van der Waals surface area contributed by atoms with Gasteiger partial charge in [-0.2, -0.15) is 0 Å². The number of nitrogens with one attached hydrogen (secondary N) is 1. The highest BCUT2D eigenvalue weighted by Crippen LogP contribution is 2.35. The van der Waals surface area contributed by atoms with Gasteiger partial charge in [-0.1, -0.05) is 30.3 Å². The quantitative estimate of drug-likeness (QED) is 0.614. The Bertz CT molecular complexity index is 1040. The summed E-state index contributed by atoms with van der Waals surface area (Å²) in [7, 11) is 0. The van der Waals surface area contributed by atoms with Crippen LogP contribution in [-0.4, -0.2) is 19.9 Å². The Hall–Kier alpha value is -2.86. The highest BCUT2D eigenvalue weighted by molar-refractivity contribution is 7.22. The van der Waals surface area contributed by atoms with Gasteiger partial charge in [0.25, 0.3) is 5.56 Å². The van der Waals surface area contributed by atoms with E-state index >= 15 is 0 Å². The van der Waals surface area contributed by atoms with Crippen molar-refractivity contribution in [3.8, 4) is 22.1 Å². The normalized spacial score (nSPS) is 11.0. The summed E-state index contributed by atoms with van der Waals surface area (Å²) in [4.78, 5) is 29.9. The number of hydrogen-bond donors (Lipinski definition) is 1. The molecule has 1 aromatic carbocycles. The zero-order chi connectivity index (χ0) is 15.8. The van der Waals surface area contributed by atoms with E-state index in [2.05, 4.69) is 19.9 Å². The molecule has 0 amide bonds. The van der Waals surface area contributed by atoms with Crippen molar-refractivity contribution >= 4 is 21.6 Å². The number of aromatic amines is 1. The van der Waals surface area contributed by atoms with Crippen molar-refractivity contribution in [2.75, 3.05) is 0 Å². The lowest BCUT2D eigenvalue weighted by molar-refractivity contribution is 1.08. The van der Waals surface area contributed by atoms with Crippen LogP contribution in [0.5, 0.6) is 0 Å². The molecule has 4 aromatic rings. The first-order valence-electron chi connectivity index (χ1n) is 7.10. The third kappa shape index (κ3) is 2.33. The number of benzene rings is 1. The fraction of sp³-hybridized carbons (Fsp3) is 0.0588. The lowest BCUT2D eigenvalue weighted by Gasteiger charge is -1.99. The van der Waals surface area contributed by atoms with Crippen LogP contribution in [0.4, 0.5) is 0 Å². The minimum Gasteiger partial charge on any atom is -0.303 e. The Morgan fingerprint density at radius 1 is 1.04 bits per heavy atom. The number of nitrogens with zero attached hydrogens (tertiary/aromatic N) is 3. The van der Waals surface area contributed by atoms with Gasteiger partial charge in [0.15, 0.2) is 11.6 Å². The standard InChI is InChI=1S/C17H12N4OS/c1-10-12-16(22)20-15(14-18-8-5-9-19-14)21-17(12)23-13(10)11-6-3-2-4-7-11/h2-9H,1H3,(H,20,21,22). The first-order valence-corrected chi connectivity index (χ1v) is 7.92. The predicted octanol–water partition coefficient (Wildman–Crippen LogP) is 3.42. The number of hydrogen-bond acceptors (Lipinski definition) is 5. The second kappa shape index (κ2) is 5.40. The molecule has 1 N–H and O–H groups in total. The van der Waals surface area contributed by atoms with Crippen LogP contribution in [0.3, 0.4) is 0 Å². The van der Waals surface area contributed by atoms with Gasteiger partial charge < -0.3 is 4.98 Å². The van der Waals surface area contributed by atoms with E-state index in [1.807, 2.05) is 37.3 Å². The maximum absolute atomic E-state index is 12.5. The number of rotatable bonds is 2. The molecule has 0 radical (unpaired) electrons. The molecule has 0 saturated heterocycles. The summed E-state index contributed by atoms with van der Waals surface area (Å²) in [5.74, 6) is 0.808. The molecule has 112 valence electrons. The molecule has 0 unspecified atom stereocenters. The molecule has 3 heterocycles. The number of thiophene rings is 1. The molecule has 4 rings (SSSR count). The van der Waals surface area contributed by atoms with E-state index in [1.54, 1.807) is 18.5 Å². The van der Waals surface area contributed by atoms with Gasteiger partial charge in [-0.3, -0.25) is 4.79 Å². The van der Waals surface area contributed by atoms with Gasteiger partial charge in [0, 0.05) is 17.3 Å². The molecule has 0 spiro atoms. The lowest BCUT2D eigenvalue weighted by atomic mass is 10.1. The van der Waals surface area contributed by atoms with Crippen molar-refractivity contribution in [3.05, 3.63) is 64.7 Å². The Balaban J connectivity index is 1.97. The summed E-state index contributed by atoms with van der Waals surface area (Å²) >= 11 is 1.51. The summed E-state index contributed by atoms with van der Waals surface area (Å²) in [6.07, 6.45) is 3.25. The zero-order valence-electron chi connectivity index (χ0n) is 12.3. The highest BCUT2D eigenvalue weighted by Gasteiger charge is 2.16. The van der Waals surface area contributed by atoms with Crippen LogP contribution in [-0.2, 0) is 0 Å². The molecule has 0 fully saturated rings. The van der Waals surface area contributed by atoms with Crippen molar-refractivity contribution in [2.24, 2.45) is 0 Å². The van der Waals surface area contributed by atoms with E-state index in [9.17, 15) is 4.79 Å². The number of fused-ring (bicyclic) bond motifs is 1. The van der Waals surface area contributed by atoms with E-state index in [0.29, 0.717) is 21.9 Å². The van der Waals surface area contributed by atoms with E-state index in [-0.39, 0.29) is 5.56 Å². The molecule has 0 aliphatic heterocycles. The van der Waals surface area contributed by atoms with Crippen LogP contribution in [0.15, 0.2) is 53.6 Å². The summed E-state index contributed by atoms with van der Waals surface area (Å²) in [6, 6.07) is 11.7. The third-order valence-corrected chi connectivity index (χ3v) is 4.85. The Labute approximate surface area is 135 Å². The topological polar surface area (TPSA) is 71.5 Å². The smallest absolute Gasteiger partial charge is 0.260 e. The van der Waals surface area contributed by atoms with Crippen LogP contribution in [0, 0.1) is 6.92 Å². The Morgan fingerprint density at radius 3 is 2.52 bits per heavy atom. The van der Waals surface area contributed by atoms with Gasteiger partial charge in [0.1, 0.15) is 4.83 Å². The zero-order valence-corrected chi connectivity index (χ0v) is 13.1. The molecule has 6 heteroatoms. The number of aryl methyl sites for hydroxylation is 1. The predicted molar refractivity (Wildman–Crippen MR) is 91.4 cm³/mol. The molecule has 23 heavy (non-hydrogen) atoms. The maximum Gasteiger partial charge on any atom is 0.260 e. The second-order valence-corrected chi connectivity index (χ2v) is 6.09. The molecule has 3 aromatic heterocycles. The van der Waals surface area contributed by atoms with Gasteiger partial charge >= 0.3 is 0 Å². The van der Waals surface area contributed by atoms with E-state index in [0.717, 1.165) is 16.0 Å².